The van der Waals surface area contributed by atoms with E-state index in [-0.39, 0.29) is 0 Å². The van der Waals surface area contributed by atoms with Crippen molar-refractivity contribution in [1.29, 1.82) is 0 Å². The summed E-state index contributed by atoms with van der Waals surface area (Å²) in [5.41, 5.74) is 2.73. The molecule has 0 radical (unpaired) electrons. The molecule has 0 aliphatic carbocycles. The van der Waals surface area contributed by atoms with Crippen LogP contribution in [-0.4, -0.2) is 16.1 Å². The maximum atomic E-state index is 10.5. The Hall–Kier alpha value is -1.74. The Morgan fingerprint density at radius 1 is 1.50 bits per heavy atom. The number of H-pyrrole nitrogens is 1. The number of aromatic amines is 1. The molecule has 1 aromatic carbocycles. The van der Waals surface area contributed by atoms with Gasteiger partial charge in [0.2, 0.25) is 0 Å². The largest absolute Gasteiger partial charge is 0.478 e. The third kappa shape index (κ3) is 1.82. The number of hydrogen-bond donors (Lipinski definition) is 2. The standard InChI is InChI=1S/C12H10ClNO2/c1-7-3-2-4-8-9(5-6-10(15)16)12(13)14-11(7)8/h2-6,14H,1H3,(H,15,16)/b6-5+. The van der Waals surface area contributed by atoms with Gasteiger partial charge in [0.25, 0.3) is 0 Å². The van der Waals surface area contributed by atoms with Gasteiger partial charge in [-0.3, -0.25) is 0 Å². The van der Waals surface area contributed by atoms with E-state index in [9.17, 15) is 4.79 Å². The Bertz CT molecular complexity index is 584. The van der Waals surface area contributed by atoms with Crippen molar-refractivity contribution in [2.24, 2.45) is 0 Å². The van der Waals surface area contributed by atoms with E-state index in [1.165, 1.54) is 6.08 Å². The zero-order valence-electron chi connectivity index (χ0n) is 8.62. The number of fused-ring (bicyclic) bond motifs is 1. The summed E-state index contributed by atoms with van der Waals surface area (Å²) in [7, 11) is 0. The Morgan fingerprint density at radius 2 is 2.25 bits per heavy atom. The van der Waals surface area contributed by atoms with E-state index in [1.54, 1.807) is 0 Å². The molecule has 0 spiro atoms. The minimum atomic E-state index is -0.988. The molecule has 0 bridgehead atoms. The minimum Gasteiger partial charge on any atom is -0.478 e. The van der Waals surface area contributed by atoms with Crippen molar-refractivity contribution in [3.05, 3.63) is 40.6 Å². The molecule has 0 aliphatic rings. The lowest BCUT2D eigenvalue weighted by molar-refractivity contribution is -0.131. The SMILES string of the molecule is Cc1cccc2c(/C=C/C(=O)O)c(Cl)[nH]c12. The van der Waals surface area contributed by atoms with Gasteiger partial charge in [0.15, 0.2) is 0 Å². The molecule has 0 atom stereocenters. The summed E-state index contributed by atoms with van der Waals surface area (Å²) in [6.07, 6.45) is 2.58. The van der Waals surface area contributed by atoms with Crippen LogP contribution in [-0.2, 0) is 4.79 Å². The normalized spacial score (nSPS) is 11.4. The highest BCUT2D eigenvalue weighted by Crippen LogP contribution is 2.29. The number of carboxylic acids is 1. The lowest BCUT2D eigenvalue weighted by Gasteiger charge is -1.94. The molecule has 2 aromatic rings. The topological polar surface area (TPSA) is 53.1 Å². The van der Waals surface area contributed by atoms with E-state index >= 15 is 0 Å². The van der Waals surface area contributed by atoms with Crippen molar-refractivity contribution in [3.63, 3.8) is 0 Å². The molecule has 3 nitrogen and oxygen atoms in total. The van der Waals surface area contributed by atoms with Crippen LogP contribution in [0.25, 0.3) is 17.0 Å². The molecule has 0 unspecified atom stereocenters. The molecular formula is C12H10ClNO2. The zero-order valence-corrected chi connectivity index (χ0v) is 9.38. The van der Waals surface area contributed by atoms with Gasteiger partial charge in [0.1, 0.15) is 5.15 Å². The number of aryl methyl sites for hydroxylation is 1. The van der Waals surface area contributed by atoms with Crippen molar-refractivity contribution in [2.45, 2.75) is 6.92 Å². The molecule has 0 saturated heterocycles. The van der Waals surface area contributed by atoms with Crippen molar-refractivity contribution in [3.8, 4) is 0 Å². The number of rotatable bonds is 2. The molecule has 0 saturated carbocycles. The molecule has 2 rings (SSSR count). The molecule has 1 heterocycles. The number of carboxylic acid groups (broad SMARTS) is 1. The van der Waals surface area contributed by atoms with Crippen LogP contribution >= 0.6 is 11.6 Å². The number of aliphatic carboxylic acids is 1. The van der Waals surface area contributed by atoms with E-state index < -0.39 is 5.97 Å². The molecule has 82 valence electrons. The monoisotopic (exact) mass is 235 g/mol. The molecule has 2 N–H and O–H groups in total. The van der Waals surface area contributed by atoms with Crippen LogP contribution in [0.2, 0.25) is 5.15 Å². The summed E-state index contributed by atoms with van der Waals surface area (Å²) in [6, 6.07) is 5.80. The third-order valence-electron chi connectivity index (χ3n) is 2.43. The number of para-hydroxylation sites is 1. The predicted molar refractivity (Wildman–Crippen MR) is 64.7 cm³/mol. The van der Waals surface area contributed by atoms with E-state index in [1.807, 2.05) is 25.1 Å². The van der Waals surface area contributed by atoms with Gasteiger partial charge < -0.3 is 10.1 Å². The molecule has 0 aliphatic heterocycles. The fourth-order valence-corrected chi connectivity index (χ4v) is 1.93. The first kappa shape index (κ1) is 10.8. The van der Waals surface area contributed by atoms with Crippen molar-refractivity contribution in [2.75, 3.05) is 0 Å². The van der Waals surface area contributed by atoms with Gasteiger partial charge in [-0.15, -0.1) is 0 Å². The van der Waals surface area contributed by atoms with Gasteiger partial charge in [-0.05, 0) is 18.6 Å². The zero-order chi connectivity index (χ0) is 11.7. The van der Waals surface area contributed by atoms with Gasteiger partial charge in [0.05, 0.1) is 5.52 Å². The van der Waals surface area contributed by atoms with E-state index in [0.717, 1.165) is 22.5 Å². The van der Waals surface area contributed by atoms with Crippen LogP contribution in [0, 0.1) is 6.92 Å². The van der Waals surface area contributed by atoms with Gasteiger partial charge in [-0.25, -0.2) is 4.79 Å². The number of nitrogens with one attached hydrogen (secondary N) is 1. The number of halogens is 1. The average Bonchev–Trinajstić information content (AvgIpc) is 2.53. The first-order valence-electron chi connectivity index (χ1n) is 4.77. The molecule has 0 fully saturated rings. The van der Waals surface area contributed by atoms with Crippen LogP contribution in [0.3, 0.4) is 0 Å². The van der Waals surface area contributed by atoms with E-state index in [0.29, 0.717) is 10.7 Å². The number of aromatic nitrogens is 1. The molecule has 4 heteroatoms. The first-order chi connectivity index (χ1) is 7.59. The second kappa shape index (κ2) is 4.02. The van der Waals surface area contributed by atoms with Crippen molar-refractivity contribution >= 4 is 34.5 Å². The average molecular weight is 236 g/mol. The Morgan fingerprint density at radius 3 is 2.94 bits per heavy atom. The molecule has 1 aromatic heterocycles. The first-order valence-corrected chi connectivity index (χ1v) is 5.15. The fraction of sp³-hybridized carbons (Fsp3) is 0.0833. The maximum absolute atomic E-state index is 10.5. The molecule has 0 amide bonds. The molecule has 16 heavy (non-hydrogen) atoms. The van der Waals surface area contributed by atoms with Crippen LogP contribution in [0.1, 0.15) is 11.1 Å². The summed E-state index contributed by atoms with van der Waals surface area (Å²) < 4.78 is 0. The number of carbonyl (C=O) groups is 1. The summed E-state index contributed by atoms with van der Waals surface area (Å²) >= 11 is 6.02. The van der Waals surface area contributed by atoms with Gasteiger partial charge in [-0.2, -0.15) is 0 Å². The Kier molecular flexibility index (Phi) is 2.71. The van der Waals surface area contributed by atoms with Crippen LogP contribution in [0.5, 0.6) is 0 Å². The van der Waals surface area contributed by atoms with E-state index in [2.05, 4.69) is 4.98 Å². The fourth-order valence-electron chi connectivity index (χ4n) is 1.67. The number of benzene rings is 1. The van der Waals surface area contributed by atoms with Gasteiger partial charge in [-0.1, -0.05) is 29.8 Å². The summed E-state index contributed by atoms with van der Waals surface area (Å²) in [5, 5.41) is 9.98. The van der Waals surface area contributed by atoms with E-state index in [4.69, 9.17) is 16.7 Å². The van der Waals surface area contributed by atoms with Gasteiger partial charge in [0, 0.05) is 17.0 Å². The second-order valence-electron chi connectivity index (χ2n) is 3.52. The highest BCUT2D eigenvalue weighted by molar-refractivity contribution is 6.32. The molecular weight excluding hydrogens is 226 g/mol. The summed E-state index contributed by atoms with van der Waals surface area (Å²) in [4.78, 5) is 13.5. The highest BCUT2D eigenvalue weighted by Gasteiger charge is 2.08. The minimum absolute atomic E-state index is 0.460. The predicted octanol–water partition coefficient (Wildman–Crippen LogP) is 3.23. The number of hydrogen-bond acceptors (Lipinski definition) is 1. The summed E-state index contributed by atoms with van der Waals surface area (Å²) in [5.74, 6) is -0.988. The smallest absolute Gasteiger partial charge is 0.328 e. The highest BCUT2D eigenvalue weighted by atomic mass is 35.5. The van der Waals surface area contributed by atoms with Crippen molar-refractivity contribution in [1.82, 2.24) is 4.98 Å². The Labute approximate surface area is 97.4 Å². The summed E-state index contributed by atoms with van der Waals surface area (Å²) in [6.45, 7) is 1.97. The second-order valence-corrected chi connectivity index (χ2v) is 3.90. The Balaban J connectivity index is 2.65. The van der Waals surface area contributed by atoms with Gasteiger partial charge >= 0.3 is 5.97 Å². The lowest BCUT2D eigenvalue weighted by atomic mass is 10.1. The van der Waals surface area contributed by atoms with Crippen LogP contribution in [0.15, 0.2) is 24.3 Å². The lowest BCUT2D eigenvalue weighted by Crippen LogP contribution is -1.85. The maximum Gasteiger partial charge on any atom is 0.328 e. The van der Waals surface area contributed by atoms with Crippen molar-refractivity contribution < 1.29 is 9.90 Å². The third-order valence-corrected chi connectivity index (χ3v) is 2.72. The van der Waals surface area contributed by atoms with Crippen LogP contribution in [0.4, 0.5) is 0 Å². The van der Waals surface area contributed by atoms with Crippen LogP contribution < -0.4 is 0 Å². The quantitative estimate of drug-likeness (QED) is 0.786.